The van der Waals surface area contributed by atoms with Gasteiger partial charge >= 0.3 is 5.97 Å². The van der Waals surface area contributed by atoms with Crippen molar-refractivity contribution in [3.63, 3.8) is 0 Å². The van der Waals surface area contributed by atoms with Crippen molar-refractivity contribution in [1.82, 2.24) is 4.90 Å². The summed E-state index contributed by atoms with van der Waals surface area (Å²) in [4.78, 5) is 13.0. The average molecular weight is 256 g/mol. The highest BCUT2D eigenvalue weighted by Crippen LogP contribution is 2.18. The van der Waals surface area contributed by atoms with Crippen molar-refractivity contribution in [2.75, 3.05) is 13.6 Å². The lowest BCUT2D eigenvalue weighted by molar-refractivity contribution is -0.147. The van der Waals surface area contributed by atoms with Gasteiger partial charge in [-0.3, -0.25) is 4.79 Å². The van der Waals surface area contributed by atoms with Gasteiger partial charge in [0.05, 0.1) is 5.41 Å². The van der Waals surface area contributed by atoms with Gasteiger partial charge < -0.3 is 10.0 Å². The number of aliphatic carboxylic acids is 1. The molecule has 1 aromatic rings. The molecule has 0 radical (unpaired) electrons. The van der Waals surface area contributed by atoms with E-state index in [9.17, 15) is 4.79 Å². The number of carboxylic acids is 1. The Morgan fingerprint density at radius 1 is 1.35 bits per heavy atom. The molecule has 0 aliphatic rings. The molecule has 4 heteroatoms. The number of rotatable bonds is 5. The highest BCUT2D eigenvalue weighted by molar-refractivity contribution is 6.30. The molecule has 0 bridgehead atoms. The second-order valence-corrected chi connectivity index (χ2v) is 5.42. The number of benzene rings is 1. The minimum absolute atomic E-state index is 0.505. The van der Waals surface area contributed by atoms with Gasteiger partial charge in [0.1, 0.15) is 0 Å². The number of nitrogens with zero attached hydrogens (tertiary/aromatic N) is 1. The molecule has 1 rings (SSSR count). The van der Waals surface area contributed by atoms with Gasteiger partial charge in [0.25, 0.3) is 0 Å². The summed E-state index contributed by atoms with van der Waals surface area (Å²) in [5.74, 6) is -0.777. The molecule has 0 saturated heterocycles. The quantitative estimate of drug-likeness (QED) is 0.880. The van der Waals surface area contributed by atoms with Crippen LogP contribution in [-0.4, -0.2) is 29.6 Å². The molecule has 0 heterocycles. The molecule has 3 nitrogen and oxygen atoms in total. The Balaban J connectivity index is 2.58. The summed E-state index contributed by atoms with van der Waals surface area (Å²) in [6.45, 7) is 4.68. The Morgan fingerprint density at radius 2 is 1.88 bits per heavy atom. The van der Waals surface area contributed by atoms with Crippen LogP contribution >= 0.6 is 11.6 Å². The summed E-state index contributed by atoms with van der Waals surface area (Å²) in [6.07, 6.45) is 0. The zero-order chi connectivity index (χ0) is 13.1. The predicted molar refractivity (Wildman–Crippen MR) is 69.2 cm³/mol. The maximum atomic E-state index is 11.0. The zero-order valence-corrected chi connectivity index (χ0v) is 11.2. The van der Waals surface area contributed by atoms with Crippen molar-refractivity contribution in [2.24, 2.45) is 5.41 Å². The van der Waals surface area contributed by atoms with E-state index in [4.69, 9.17) is 16.7 Å². The number of halogens is 1. The largest absolute Gasteiger partial charge is 0.481 e. The first-order valence-electron chi connectivity index (χ1n) is 5.47. The summed E-state index contributed by atoms with van der Waals surface area (Å²) in [5.41, 5.74) is 0.388. The topological polar surface area (TPSA) is 40.5 Å². The molecule has 0 fully saturated rings. The van der Waals surface area contributed by atoms with Gasteiger partial charge in [-0.05, 0) is 38.6 Å². The Bertz CT molecular complexity index is 387. The lowest BCUT2D eigenvalue weighted by Gasteiger charge is -2.26. The third-order valence-electron chi connectivity index (χ3n) is 2.61. The first-order valence-corrected chi connectivity index (χ1v) is 5.85. The fourth-order valence-electron chi connectivity index (χ4n) is 1.70. The van der Waals surface area contributed by atoms with Crippen LogP contribution < -0.4 is 0 Å². The molecule has 0 amide bonds. The van der Waals surface area contributed by atoms with Crippen molar-refractivity contribution < 1.29 is 9.90 Å². The van der Waals surface area contributed by atoms with Gasteiger partial charge in [0.2, 0.25) is 0 Å². The van der Waals surface area contributed by atoms with Crippen molar-refractivity contribution >= 4 is 17.6 Å². The first-order chi connectivity index (χ1) is 7.81. The second kappa shape index (κ2) is 5.52. The summed E-state index contributed by atoms with van der Waals surface area (Å²) in [7, 11) is 1.92. The molecule has 0 atom stereocenters. The molecule has 0 spiro atoms. The van der Waals surface area contributed by atoms with Gasteiger partial charge in [-0.1, -0.05) is 23.7 Å². The van der Waals surface area contributed by atoms with Crippen LogP contribution in [0.3, 0.4) is 0 Å². The number of carbonyl (C=O) groups is 1. The summed E-state index contributed by atoms with van der Waals surface area (Å²) >= 11 is 5.80. The van der Waals surface area contributed by atoms with E-state index < -0.39 is 11.4 Å². The zero-order valence-electron chi connectivity index (χ0n) is 10.4. The minimum Gasteiger partial charge on any atom is -0.481 e. The van der Waals surface area contributed by atoms with Crippen LogP contribution in [0.4, 0.5) is 0 Å². The van der Waals surface area contributed by atoms with Gasteiger partial charge in [0, 0.05) is 18.1 Å². The molecule has 0 aliphatic carbocycles. The van der Waals surface area contributed by atoms with E-state index in [1.807, 2.05) is 36.2 Å². The van der Waals surface area contributed by atoms with E-state index in [1.165, 1.54) is 0 Å². The molecule has 1 aromatic carbocycles. The molecule has 0 unspecified atom stereocenters. The first kappa shape index (κ1) is 14.0. The molecule has 0 saturated carbocycles. The van der Waals surface area contributed by atoms with Crippen molar-refractivity contribution in [3.8, 4) is 0 Å². The fourth-order valence-corrected chi connectivity index (χ4v) is 1.83. The Kier molecular flexibility index (Phi) is 4.54. The van der Waals surface area contributed by atoms with Crippen molar-refractivity contribution in [2.45, 2.75) is 20.4 Å². The standard InChI is InChI=1S/C13H18ClNO2/c1-13(2,12(16)17)9-15(3)8-10-4-6-11(14)7-5-10/h4-7H,8-9H2,1-3H3,(H,16,17). The van der Waals surface area contributed by atoms with Gasteiger partial charge in [-0.2, -0.15) is 0 Å². The monoisotopic (exact) mass is 255 g/mol. The van der Waals surface area contributed by atoms with E-state index in [0.717, 1.165) is 5.56 Å². The van der Waals surface area contributed by atoms with E-state index in [-0.39, 0.29) is 0 Å². The van der Waals surface area contributed by atoms with E-state index in [1.54, 1.807) is 13.8 Å². The normalized spacial score (nSPS) is 11.8. The molecule has 17 heavy (non-hydrogen) atoms. The average Bonchev–Trinajstić information content (AvgIpc) is 2.20. The smallest absolute Gasteiger partial charge is 0.310 e. The number of hydrogen-bond donors (Lipinski definition) is 1. The summed E-state index contributed by atoms with van der Waals surface area (Å²) in [6, 6.07) is 7.58. The maximum absolute atomic E-state index is 11.0. The van der Waals surface area contributed by atoms with Gasteiger partial charge in [-0.15, -0.1) is 0 Å². The molecule has 0 aromatic heterocycles. The predicted octanol–water partition coefficient (Wildman–Crippen LogP) is 2.88. The lowest BCUT2D eigenvalue weighted by atomic mass is 9.93. The minimum atomic E-state index is -0.777. The Morgan fingerprint density at radius 3 is 2.35 bits per heavy atom. The highest BCUT2D eigenvalue weighted by Gasteiger charge is 2.28. The second-order valence-electron chi connectivity index (χ2n) is 4.99. The van der Waals surface area contributed by atoms with Crippen molar-refractivity contribution in [1.29, 1.82) is 0 Å². The number of hydrogen-bond acceptors (Lipinski definition) is 2. The Hall–Kier alpha value is -1.06. The third kappa shape index (κ3) is 4.36. The third-order valence-corrected chi connectivity index (χ3v) is 2.86. The van der Waals surface area contributed by atoms with Crippen molar-refractivity contribution in [3.05, 3.63) is 34.9 Å². The van der Waals surface area contributed by atoms with Gasteiger partial charge in [0.15, 0.2) is 0 Å². The highest BCUT2D eigenvalue weighted by atomic mass is 35.5. The summed E-state index contributed by atoms with van der Waals surface area (Å²) < 4.78 is 0. The van der Waals surface area contributed by atoms with Gasteiger partial charge in [-0.25, -0.2) is 0 Å². The fraction of sp³-hybridized carbons (Fsp3) is 0.462. The van der Waals surface area contributed by atoms with E-state index >= 15 is 0 Å². The maximum Gasteiger partial charge on any atom is 0.310 e. The van der Waals surface area contributed by atoms with Crippen LogP contribution in [0.2, 0.25) is 5.02 Å². The molecular formula is C13H18ClNO2. The molecular weight excluding hydrogens is 238 g/mol. The summed E-state index contributed by atoms with van der Waals surface area (Å²) in [5, 5.41) is 9.76. The molecule has 94 valence electrons. The van der Waals surface area contributed by atoms with Crippen LogP contribution in [0.1, 0.15) is 19.4 Å². The van der Waals surface area contributed by atoms with Crippen LogP contribution in [0, 0.1) is 5.41 Å². The molecule has 0 aliphatic heterocycles. The van der Waals surface area contributed by atoms with E-state index in [0.29, 0.717) is 18.1 Å². The molecule has 1 N–H and O–H groups in total. The lowest BCUT2D eigenvalue weighted by Crippen LogP contribution is -2.36. The van der Waals surface area contributed by atoms with Crippen LogP contribution in [0.25, 0.3) is 0 Å². The van der Waals surface area contributed by atoms with Crippen LogP contribution in [-0.2, 0) is 11.3 Å². The SMILES string of the molecule is CN(Cc1ccc(Cl)cc1)CC(C)(C)C(=O)O. The Labute approximate surface area is 107 Å². The van der Waals surface area contributed by atoms with E-state index in [2.05, 4.69) is 0 Å². The van der Waals surface area contributed by atoms with Crippen LogP contribution in [0.15, 0.2) is 24.3 Å². The number of carboxylic acid groups (broad SMARTS) is 1. The van der Waals surface area contributed by atoms with Crippen LogP contribution in [0.5, 0.6) is 0 Å².